The monoisotopic (exact) mass is 234 g/mol. The minimum atomic E-state index is -2.80. The molecule has 1 aliphatic heterocycles. The van der Waals surface area contributed by atoms with Gasteiger partial charge in [-0.1, -0.05) is 0 Å². The third-order valence-corrected chi connectivity index (χ3v) is 3.62. The van der Waals surface area contributed by atoms with Crippen molar-refractivity contribution in [1.29, 1.82) is 0 Å². The van der Waals surface area contributed by atoms with Gasteiger partial charge in [0.25, 0.3) is 0 Å². The van der Waals surface area contributed by atoms with E-state index in [-0.39, 0.29) is 5.75 Å². The first-order chi connectivity index (χ1) is 7.08. The summed E-state index contributed by atoms with van der Waals surface area (Å²) >= 11 is 0. The molecule has 1 fully saturated rings. The standard InChI is InChI=1S/C10H22N2O2S/c1-15(13,14)10-6-11-5-4-9-12-7-2-3-8-12/h11H,2-10H2,1H3. The lowest BCUT2D eigenvalue weighted by Crippen LogP contribution is -2.27. The second-order valence-corrected chi connectivity index (χ2v) is 6.54. The number of likely N-dealkylation sites (tertiary alicyclic amines) is 1. The summed E-state index contributed by atoms with van der Waals surface area (Å²) < 4.78 is 21.6. The van der Waals surface area contributed by atoms with Gasteiger partial charge in [0, 0.05) is 12.8 Å². The average Bonchev–Trinajstić information content (AvgIpc) is 2.61. The summed E-state index contributed by atoms with van der Waals surface area (Å²) in [5, 5.41) is 3.16. The largest absolute Gasteiger partial charge is 0.316 e. The van der Waals surface area contributed by atoms with Crippen molar-refractivity contribution in [2.24, 2.45) is 0 Å². The molecule has 0 radical (unpaired) electrons. The van der Waals surface area contributed by atoms with E-state index in [9.17, 15) is 8.42 Å². The summed E-state index contributed by atoms with van der Waals surface area (Å²) in [5.41, 5.74) is 0. The van der Waals surface area contributed by atoms with E-state index < -0.39 is 9.84 Å². The van der Waals surface area contributed by atoms with E-state index in [1.165, 1.54) is 32.2 Å². The lowest BCUT2D eigenvalue weighted by molar-refractivity contribution is 0.331. The molecule has 4 nitrogen and oxygen atoms in total. The van der Waals surface area contributed by atoms with Gasteiger partial charge >= 0.3 is 0 Å². The van der Waals surface area contributed by atoms with E-state index in [1.54, 1.807) is 0 Å². The van der Waals surface area contributed by atoms with Crippen LogP contribution in [0.15, 0.2) is 0 Å². The molecule has 0 aromatic rings. The average molecular weight is 234 g/mol. The molecule has 15 heavy (non-hydrogen) atoms. The highest BCUT2D eigenvalue weighted by atomic mass is 32.2. The van der Waals surface area contributed by atoms with E-state index in [1.807, 2.05) is 0 Å². The predicted octanol–water partition coefficient (Wildman–Crippen LogP) is 0.107. The number of hydrogen-bond acceptors (Lipinski definition) is 4. The van der Waals surface area contributed by atoms with Crippen LogP contribution in [0.25, 0.3) is 0 Å². The fraction of sp³-hybridized carbons (Fsp3) is 1.00. The van der Waals surface area contributed by atoms with Crippen LogP contribution < -0.4 is 5.32 Å². The smallest absolute Gasteiger partial charge is 0.148 e. The molecule has 90 valence electrons. The number of nitrogens with one attached hydrogen (secondary N) is 1. The first-order valence-corrected chi connectivity index (χ1v) is 7.75. The van der Waals surface area contributed by atoms with Crippen molar-refractivity contribution in [2.75, 3.05) is 44.7 Å². The Hall–Kier alpha value is -0.130. The number of nitrogens with zero attached hydrogens (tertiary/aromatic N) is 1. The minimum Gasteiger partial charge on any atom is -0.316 e. The Balaban J connectivity index is 1.89. The lowest BCUT2D eigenvalue weighted by Gasteiger charge is -2.14. The van der Waals surface area contributed by atoms with E-state index in [2.05, 4.69) is 10.2 Å². The summed E-state index contributed by atoms with van der Waals surface area (Å²) in [4.78, 5) is 2.47. The summed E-state index contributed by atoms with van der Waals surface area (Å²) in [6.45, 7) is 5.13. The summed E-state index contributed by atoms with van der Waals surface area (Å²) in [6, 6.07) is 0. The Labute approximate surface area is 93.0 Å². The molecule has 0 aromatic carbocycles. The third-order valence-electron chi connectivity index (χ3n) is 2.68. The highest BCUT2D eigenvalue weighted by Gasteiger charge is 2.09. The fourth-order valence-electron chi connectivity index (χ4n) is 1.82. The van der Waals surface area contributed by atoms with Gasteiger partial charge in [0.1, 0.15) is 9.84 Å². The molecule has 5 heteroatoms. The van der Waals surface area contributed by atoms with Gasteiger partial charge in [-0.25, -0.2) is 8.42 Å². The molecule has 0 amide bonds. The SMILES string of the molecule is CS(=O)(=O)CCNCCCN1CCCC1. The lowest BCUT2D eigenvalue weighted by atomic mass is 10.4. The molecule has 1 aliphatic rings. The van der Waals surface area contributed by atoms with Gasteiger partial charge in [0.15, 0.2) is 0 Å². The Morgan fingerprint density at radius 2 is 1.87 bits per heavy atom. The third kappa shape index (κ3) is 6.87. The molecule has 1 N–H and O–H groups in total. The quantitative estimate of drug-likeness (QED) is 0.635. The Morgan fingerprint density at radius 3 is 2.47 bits per heavy atom. The first-order valence-electron chi connectivity index (χ1n) is 5.69. The van der Waals surface area contributed by atoms with Crippen LogP contribution in [0, 0.1) is 0 Å². The van der Waals surface area contributed by atoms with Crippen LogP contribution >= 0.6 is 0 Å². The predicted molar refractivity (Wildman–Crippen MR) is 62.9 cm³/mol. The zero-order chi connectivity index (χ0) is 11.1. The van der Waals surface area contributed by atoms with Crippen molar-refractivity contribution in [1.82, 2.24) is 10.2 Å². The zero-order valence-electron chi connectivity index (χ0n) is 9.54. The van der Waals surface area contributed by atoms with Crippen LogP contribution in [-0.2, 0) is 9.84 Å². The molecule has 0 bridgehead atoms. The van der Waals surface area contributed by atoms with Crippen LogP contribution in [0.2, 0.25) is 0 Å². The molecule has 0 unspecified atom stereocenters. The van der Waals surface area contributed by atoms with Crippen LogP contribution in [0.4, 0.5) is 0 Å². The zero-order valence-corrected chi connectivity index (χ0v) is 10.4. The van der Waals surface area contributed by atoms with Gasteiger partial charge in [-0.3, -0.25) is 0 Å². The van der Waals surface area contributed by atoms with Crippen molar-refractivity contribution >= 4 is 9.84 Å². The summed E-state index contributed by atoms with van der Waals surface area (Å²) in [6.07, 6.45) is 5.06. The molecule has 0 saturated carbocycles. The van der Waals surface area contributed by atoms with Crippen LogP contribution in [0.5, 0.6) is 0 Å². The van der Waals surface area contributed by atoms with Crippen molar-refractivity contribution in [3.63, 3.8) is 0 Å². The summed E-state index contributed by atoms with van der Waals surface area (Å²) in [5.74, 6) is 0.247. The van der Waals surface area contributed by atoms with Crippen LogP contribution in [0.1, 0.15) is 19.3 Å². The number of sulfone groups is 1. The molecular formula is C10H22N2O2S. The molecule has 0 aliphatic carbocycles. The highest BCUT2D eigenvalue weighted by molar-refractivity contribution is 7.90. The van der Waals surface area contributed by atoms with Crippen molar-refractivity contribution < 1.29 is 8.42 Å². The van der Waals surface area contributed by atoms with Crippen LogP contribution in [0.3, 0.4) is 0 Å². The molecule has 1 rings (SSSR count). The van der Waals surface area contributed by atoms with Gasteiger partial charge < -0.3 is 10.2 Å². The van der Waals surface area contributed by atoms with Gasteiger partial charge in [0.05, 0.1) is 5.75 Å². The first kappa shape index (κ1) is 12.9. The molecule has 1 saturated heterocycles. The molecule has 0 spiro atoms. The van der Waals surface area contributed by atoms with Gasteiger partial charge in [-0.05, 0) is 45.4 Å². The number of rotatable bonds is 7. The van der Waals surface area contributed by atoms with Crippen molar-refractivity contribution in [3.8, 4) is 0 Å². The maximum atomic E-state index is 10.8. The van der Waals surface area contributed by atoms with E-state index in [0.717, 1.165) is 19.5 Å². The van der Waals surface area contributed by atoms with Crippen molar-refractivity contribution in [2.45, 2.75) is 19.3 Å². The second kappa shape index (κ2) is 6.45. The van der Waals surface area contributed by atoms with E-state index in [0.29, 0.717) is 6.54 Å². The Morgan fingerprint density at radius 1 is 1.20 bits per heavy atom. The van der Waals surface area contributed by atoms with Gasteiger partial charge in [0.2, 0.25) is 0 Å². The molecule has 0 atom stereocenters. The van der Waals surface area contributed by atoms with E-state index >= 15 is 0 Å². The summed E-state index contributed by atoms with van der Waals surface area (Å²) in [7, 11) is -2.80. The molecule has 0 aromatic heterocycles. The highest BCUT2D eigenvalue weighted by Crippen LogP contribution is 2.06. The van der Waals surface area contributed by atoms with Crippen LogP contribution in [-0.4, -0.2) is 58.1 Å². The topological polar surface area (TPSA) is 49.4 Å². The van der Waals surface area contributed by atoms with E-state index in [4.69, 9.17) is 0 Å². The maximum Gasteiger partial charge on any atom is 0.148 e. The van der Waals surface area contributed by atoms with Gasteiger partial charge in [-0.2, -0.15) is 0 Å². The number of hydrogen-bond donors (Lipinski definition) is 1. The molecule has 1 heterocycles. The van der Waals surface area contributed by atoms with Crippen molar-refractivity contribution in [3.05, 3.63) is 0 Å². The second-order valence-electron chi connectivity index (χ2n) is 4.28. The Kier molecular flexibility index (Phi) is 5.56. The maximum absolute atomic E-state index is 10.8. The van der Waals surface area contributed by atoms with Gasteiger partial charge in [-0.15, -0.1) is 0 Å². The fourth-order valence-corrected chi connectivity index (χ4v) is 2.33. The Bertz CT molecular complexity index is 259. The normalized spacial score (nSPS) is 18.5. The molecular weight excluding hydrogens is 212 g/mol. The minimum absolute atomic E-state index is 0.247.